The van der Waals surface area contributed by atoms with E-state index in [1.54, 1.807) is 4.90 Å². The minimum absolute atomic E-state index is 0.0164. The van der Waals surface area contributed by atoms with Crippen molar-refractivity contribution in [2.45, 2.75) is 18.5 Å². The van der Waals surface area contributed by atoms with Crippen LogP contribution in [0.25, 0.3) is 0 Å². The summed E-state index contributed by atoms with van der Waals surface area (Å²) in [4.78, 5) is 14.3. The van der Waals surface area contributed by atoms with Gasteiger partial charge in [0.2, 0.25) is 0 Å². The highest BCUT2D eigenvalue weighted by Gasteiger charge is 2.34. The number of hydrogen-bond donors (Lipinski definition) is 1. The maximum atomic E-state index is 12.6. The highest BCUT2D eigenvalue weighted by Crippen LogP contribution is 2.34. The molecule has 1 aliphatic carbocycles. The Kier molecular flexibility index (Phi) is 3.28. The van der Waals surface area contributed by atoms with Gasteiger partial charge in [-0.15, -0.1) is 0 Å². The van der Waals surface area contributed by atoms with Gasteiger partial charge in [0.05, 0.1) is 6.04 Å². The molecule has 0 saturated heterocycles. The van der Waals surface area contributed by atoms with Gasteiger partial charge in [-0.2, -0.15) is 0 Å². The lowest BCUT2D eigenvalue weighted by molar-refractivity contribution is 0.0716. The average Bonchev–Trinajstić information content (AvgIpc) is 2.82. The zero-order valence-electron chi connectivity index (χ0n) is 11.5. The molecule has 102 valence electrons. The van der Waals surface area contributed by atoms with Crippen molar-refractivity contribution in [2.24, 2.45) is 5.73 Å². The molecule has 0 fully saturated rings. The number of rotatable bonds is 2. The van der Waals surface area contributed by atoms with Gasteiger partial charge in [-0.1, -0.05) is 42.5 Å². The number of hydrogen-bond acceptors (Lipinski definition) is 2. The molecule has 0 radical (unpaired) electrons. The van der Waals surface area contributed by atoms with Crippen LogP contribution in [0.2, 0.25) is 0 Å². The van der Waals surface area contributed by atoms with Crippen molar-refractivity contribution in [1.82, 2.24) is 4.90 Å². The van der Waals surface area contributed by atoms with E-state index >= 15 is 0 Å². The molecule has 0 saturated carbocycles. The Morgan fingerprint density at radius 3 is 2.50 bits per heavy atom. The van der Waals surface area contributed by atoms with Gasteiger partial charge in [-0.25, -0.2) is 0 Å². The summed E-state index contributed by atoms with van der Waals surface area (Å²) in [6.07, 6.45) is 0.827. The van der Waals surface area contributed by atoms with Gasteiger partial charge in [0, 0.05) is 18.7 Å². The first-order valence-electron chi connectivity index (χ1n) is 6.84. The van der Waals surface area contributed by atoms with E-state index in [4.69, 9.17) is 5.73 Å². The lowest BCUT2D eigenvalue weighted by Crippen LogP contribution is -2.39. The topological polar surface area (TPSA) is 46.3 Å². The highest BCUT2D eigenvalue weighted by molar-refractivity contribution is 5.94. The zero-order valence-corrected chi connectivity index (χ0v) is 11.5. The van der Waals surface area contributed by atoms with Crippen molar-refractivity contribution in [3.63, 3.8) is 0 Å². The van der Waals surface area contributed by atoms with Crippen LogP contribution in [-0.2, 0) is 6.42 Å². The Bertz CT molecular complexity index is 624. The first-order chi connectivity index (χ1) is 9.68. The molecule has 0 heterocycles. The van der Waals surface area contributed by atoms with Crippen molar-refractivity contribution in [1.29, 1.82) is 0 Å². The Morgan fingerprint density at radius 1 is 1.10 bits per heavy atom. The van der Waals surface area contributed by atoms with E-state index in [0.717, 1.165) is 6.42 Å². The number of nitrogens with zero attached hydrogens (tertiary/aromatic N) is 1. The van der Waals surface area contributed by atoms with Crippen molar-refractivity contribution < 1.29 is 4.79 Å². The van der Waals surface area contributed by atoms with Gasteiger partial charge < -0.3 is 10.6 Å². The zero-order chi connectivity index (χ0) is 14.1. The van der Waals surface area contributed by atoms with Crippen molar-refractivity contribution in [3.8, 4) is 0 Å². The van der Waals surface area contributed by atoms with Crippen molar-refractivity contribution >= 4 is 5.91 Å². The van der Waals surface area contributed by atoms with E-state index in [1.807, 2.05) is 49.5 Å². The van der Waals surface area contributed by atoms with Crippen LogP contribution in [0.4, 0.5) is 0 Å². The monoisotopic (exact) mass is 266 g/mol. The summed E-state index contributed by atoms with van der Waals surface area (Å²) in [7, 11) is 1.84. The predicted octanol–water partition coefficient (Wildman–Crippen LogP) is 2.38. The minimum Gasteiger partial charge on any atom is -0.333 e. The second-order valence-corrected chi connectivity index (χ2v) is 5.29. The molecule has 1 amide bonds. The maximum Gasteiger partial charge on any atom is 0.254 e. The number of benzene rings is 2. The van der Waals surface area contributed by atoms with E-state index in [-0.39, 0.29) is 18.0 Å². The van der Waals surface area contributed by atoms with E-state index in [1.165, 1.54) is 11.1 Å². The Hall–Kier alpha value is -2.13. The van der Waals surface area contributed by atoms with Crippen LogP contribution in [0.3, 0.4) is 0 Å². The third kappa shape index (κ3) is 2.10. The lowest BCUT2D eigenvalue weighted by atomic mass is 10.0. The van der Waals surface area contributed by atoms with Gasteiger partial charge in [0.15, 0.2) is 0 Å². The Balaban J connectivity index is 1.91. The molecule has 3 nitrogen and oxygen atoms in total. The fraction of sp³-hybridized carbons (Fsp3) is 0.235. The summed E-state index contributed by atoms with van der Waals surface area (Å²) in [5.74, 6) is 0.0164. The molecule has 0 unspecified atom stereocenters. The summed E-state index contributed by atoms with van der Waals surface area (Å²) in [5.41, 5.74) is 9.37. The molecule has 0 aliphatic heterocycles. The van der Waals surface area contributed by atoms with Crippen molar-refractivity contribution in [3.05, 3.63) is 71.3 Å². The largest absolute Gasteiger partial charge is 0.333 e. The quantitative estimate of drug-likeness (QED) is 0.907. The molecular weight excluding hydrogens is 248 g/mol. The van der Waals surface area contributed by atoms with E-state index in [2.05, 4.69) is 12.1 Å². The van der Waals surface area contributed by atoms with Gasteiger partial charge in [-0.3, -0.25) is 4.79 Å². The number of carbonyl (C=O) groups excluding carboxylic acids is 1. The maximum absolute atomic E-state index is 12.6. The van der Waals surface area contributed by atoms with Crippen LogP contribution in [0.15, 0.2) is 54.6 Å². The molecule has 2 aromatic rings. The number of nitrogens with two attached hydrogens (primary N) is 1. The van der Waals surface area contributed by atoms with Gasteiger partial charge in [0.1, 0.15) is 0 Å². The summed E-state index contributed by atoms with van der Waals surface area (Å²) >= 11 is 0. The average molecular weight is 266 g/mol. The molecule has 1 aliphatic rings. The normalized spacial score (nSPS) is 20.5. The fourth-order valence-electron chi connectivity index (χ4n) is 3.01. The lowest BCUT2D eigenvalue weighted by Gasteiger charge is -2.28. The third-order valence-corrected chi connectivity index (χ3v) is 3.99. The molecular formula is C17H18N2O. The number of amides is 1. The third-order valence-electron chi connectivity index (χ3n) is 3.99. The number of fused-ring (bicyclic) bond motifs is 1. The summed E-state index contributed by atoms with van der Waals surface area (Å²) in [6, 6.07) is 17.5. The molecule has 2 aromatic carbocycles. The minimum atomic E-state index is -0.0427. The van der Waals surface area contributed by atoms with Crippen LogP contribution in [0.5, 0.6) is 0 Å². The van der Waals surface area contributed by atoms with E-state index < -0.39 is 0 Å². The molecule has 20 heavy (non-hydrogen) atoms. The van der Waals surface area contributed by atoms with Crippen LogP contribution in [-0.4, -0.2) is 23.9 Å². The molecule has 0 bridgehead atoms. The Labute approximate surface area is 119 Å². The molecule has 3 heteroatoms. The SMILES string of the molecule is CN(C(=O)c1ccccc1)[C@@H]1c2ccccc2C[C@H]1N. The molecule has 0 spiro atoms. The summed E-state index contributed by atoms with van der Waals surface area (Å²) in [6.45, 7) is 0. The summed E-state index contributed by atoms with van der Waals surface area (Å²) in [5, 5.41) is 0. The van der Waals surface area contributed by atoms with E-state index in [0.29, 0.717) is 5.56 Å². The summed E-state index contributed by atoms with van der Waals surface area (Å²) < 4.78 is 0. The standard InChI is InChI=1S/C17H18N2O/c1-19(17(20)12-7-3-2-4-8-12)16-14-10-6-5-9-13(14)11-15(16)18/h2-10,15-16H,11,18H2,1H3/t15-,16-/m1/s1. The van der Waals surface area contributed by atoms with Crippen molar-refractivity contribution in [2.75, 3.05) is 7.05 Å². The second-order valence-electron chi connectivity index (χ2n) is 5.29. The molecule has 0 aromatic heterocycles. The number of carbonyl (C=O) groups is 1. The predicted molar refractivity (Wildman–Crippen MR) is 79.4 cm³/mol. The van der Waals surface area contributed by atoms with Gasteiger partial charge in [-0.05, 0) is 29.7 Å². The Morgan fingerprint density at radius 2 is 1.75 bits per heavy atom. The van der Waals surface area contributed by atoms with Crippen LogP contribution in [0, 0.1) is 0 Å². The molecule has 2 atom stereocenters. The molecule has 2 N–H and O–H groups in total. The number of likely N-dealkylation sites (N-methyl/N-ethyl adjacent to an activating group) is 1. The molecule has 3 rings (SSSR count). The fourth-order valence-corrected chi connectivity index (χ4v) is 3.01. The van der Waals surface area contributed by atoms with Crippen LogP contribution >= 0.6 is 0 Å². The van der Waals surface area contributed by atoms with Gasteiger partial charge >= 0.3 is 0 Å². The van der Waals surface area contributed by atoms with Crippen LogP contribution < -0.4 is 5.73 Å². The van der Waals surface area contributed by atoms with Gasteiger partial charge in [0.25, 0.3) is 5.91 Å². The van der Waals surface area contributed by atoms with E-state index in [9.17, 15) is 4.79 Å². The first kappa shape index (κ1) is 12.9. The smallest absolute Gasteiger partial charge is 0.254 e. The highest BCUT2D eigenvalue weighted by atomic mass is 16.2. The first-order valence-corrected chi connectivity index (χ1v) is 6.84. The second kappa shape index (κ2) is 5.10. The van der Waals surface area contributed by atoms with Crippen LogP contribution in [0.1, 0.15) is 27.5 Å².